The Labute approximate surface area is 129 Å². The van der Waals surface area contributed by atoms with Crippen molar-refractivity contribution < 1.29 is 14.7 Å². The van der Waals surface area contributed by atoms with Gasteiger partial charge in [-0.1, -0.05) is 0 Å². The lowest BCUT2D eigenvalue weighted by molar-refractivity contribution is 0.112. The molecule has 2 rings (SSSR count). The maximum Gasteiger partial charge on any atom is 0.407 e. The summed E-state index contributed by atoms with van der Waals surface area (Å²) in [5.74, 6) is 0.861. The lowest BCUT2D eigenvalue weighted by atomic mass is 10.3. The van der Waals surface area contributed by atoms with Gasteiger partial charge in [-0.3, -0.25) is 4.99 Å². The topological polar surface area (TPSA) is 109 Å². The highest BCUT2D eigenvalue weighted by Crippen LogP contribution is 2.02. The zero-order valence-corrected chi connectivity index (χ0v) is 12.7. The van der Waals surface area contributed by atoms with Crippen LogP contribution in [0.1, 0.15) is 12.8 Å². The first-order chi connectivity index (χ1) is 10.7. The Kier molecular flexibility index (Phi) is 6.11. The number of nitrogens with one attached hydrogen (secondary N) is 3. The number of amides is 3. The van der Waals surface area contributed by atoms with Gasteiger partial charge in [-0.2, -0.15) is 0 Å². The molecule has 124 valence electrons. The molecular weight excluding hydrogens is 288 g/mol. The summed E-state index contributed by atoms with van der Waals surface area (Å²) in [4.78, 5) is 29.9. The molecule has 3 amide bonds. The van der Waals surface area contributed by atoms with Gasteiger partial charge >= 0.3 is 12.1 Å². The van der Waals surface area contributed by atoms with Crippen LogP contribution in [0.5, 0.6) is 0 Å². The summed E-state index contributed by atoms with van der Waals surface area (Å²) in [6.07, 6.45) is 0.920. The van der Waals surface area contributed by atoms with Crippen molar-refractivity contribution >= 4 is 18.1 Å². The van der Waals surface area contributed by atoms with Crippen molar-refractivity contribution in [2.45, 2.75) is 12.8 Å². The van der Waals surface area contributed by atoms with Crippen LogP contribution in [0.15, 0.2) is 4.99 Å². The summed E-state index contributed by atoms with van der Waals surface area (Å²) in [5.41, 5.74) is 0. The minimum atomic E-state index is -0.922. The van der Waals surface area contributed by atoms with Gasteiger partial charge in [0.1, 0.15) is 0 Å². The number of hydrogen-bond donors (Lipinski definition) is 4. The van der Waals surface area contributed by atoms with Gasteiger partial charge in [-0.25, -0.2) is 9.59 Å². The molecular formula is C13H24N6O3. The second-order valence-corrected chi connectivity index (χ2v) is 5.28. The van der Waals surface area contributed by atoms with Gasteiger partial charge in [0.25, 0.3) is 0 Å². The van der Waals surface area contributed by atoms with Gasteiger partial charge in [0.2, 0.25) is 0 Å². The Bertz CT molecular complexity index is 420. The normalized spacial score (nSPS) is 17.7. The zero-order valence-electron chi connectivity index (χ0n) is 12.7. The SMILES string of the molecule is O=C(O)N1CCN(C(=O)NCCCCNC2=NCCN2)CC1. The summed E-state index contributed by atoms with van der Waals surface area (Å²) in [5, 5.41) is 18.1. The molecule has 0 aromatic carbocycles. The highest BCUT2D eigenvalue weighted by atomic mass is 16.4. The van der Waals surface area contributed by atoms with Gasteiger partial charge in [-0.15, -0.1) is 0 Å². The average molecular weight is 312 g/mol. The predicted octanol–water partition coefficient (Wildman–Crippen LogP) is -0.679. The van der Waals surface area contributed by atoms with E-state index < -0.39 is 6.09 Å². The predicted molar refractivity (Wildman–Crippen MR) is 82.1 cm³/mol. The summed E-state index contributed by atoms with van der Waals surface area (Å²) >= 11 is 0. The van der Waals surface area contributed by atoms with Crippen LogP contribution in [-0.2, 0) is 0 Å². The molecule has 0 aliphatic carbocycles. The molecule has 22 heavy (non-hydrogen) atoms. The summed E-state index contributed by atoms with van der Waals surface area (Å²) in [6.45, 7) is 4.83. The molecule has 0 unspecified atom stereocenters. The molecule has 0 aromatic rings. The lowest BCUT2D eigenvalue weighted by Gasteiger charge is -2.33. The monoisotopic (exact) mass is 312 g/mol. The molecule has 0 spiro atoms. The maximum atomic E-state index is 11.9. The van der Waals surface area contributed by atoms with E-state index in [0.29, 0.717) is 32.7 Å². The Morgan fingerprint density at radius 1 is 1.14 bits per heavy atom. The quantitative estimate of drug-likeness (QED) is 0.503. The van der Waals surface area contributed by atoms with Crippen molar-refractivity contribution in [1.29, 1.82) is 0 Å². The zero-order chi connectivity index (χ0) is 15.8. The Hall–Kier alpha value is -2.19. The molecule has 4 N–H and O–H groups in total. The molecule has 9 nitrogen and oxygen atoms in total. The van der Waals surface area contributed by atoms with E-state index in [-0.39, 0.29) is 6.03 Å². The van der Waals surface area contributed by atoms with Crippen molar-refractivity contribution in [2.75, 3.05) is 52.4 Å². The lowest BCUT2D eigenvalue weighted by Crippen LogP contribution is -2.53. The second-order valence-electron chi connectivity index (χ2n) is 5.28. The molecule has 2 heterocycles. The smallest absolute Gasteiger partial charge is 0.407 e. The summed E-state index contributed by atoms with van der Waals surface area (Å²) in [7, 11) is 0. The van der Waals surface area contributed by atoms with Crippen LogP contribution in [0.3, 0.4) is 0 Å². The first-order valence-electron chi connectivity index (χ1n) is 7.69. The molecule has 1 fully saturated rings. The highest BCUT2D eigenvalue weighted by Gasteiger charge is 2.23. The molecule has 2 aliphatic rings. The van der Waals surface area contributed by atoms with E-state index in [1.54, 1.807) is 4.90 Å². The van der Waals surface area contributed by atoms with Gasteiger partial charge < -0.3 is 30.9 Å². The minimum absolute atomic E-state index is 0.111. The fourth-order valence-corrected chi connectivity index (χ4v) is 2.38. The van der Waals surface area contributed by atoms with Crippen LogP contribution in [0.25, 0.3) is 0 Å². The van der Waals surface area contributed by atoms with E-state index in [4.69, 9.17) is 5.11 Å². The molecule has 1 saturated heterocycles. The van der Waals surface area contributed by atoms with Crippen molar-refractivity contribution in [3.63, 3.8) is 0 Å². The number of unbranched alkanes of at least 4 members (excludes halogenated alkanes) is 1. The molecule has 0 bridgehead atoms. The van der Waals surface area contributed by atoms with Crippen LogP contribution in [-0.4, -0.2) is 85.3 Å². The van der Waals surface area contributed by atoms with Gasteiger partial charge in [0.05, 0.1) is 6.54 Å². The van der Waals surface area contributed by atoms with Crippen molar-refractivity contribution in [1.82, 2.24) is 25.8 Å². The van der Waals surface area contributed by atoms with Crippen LogP contribution in [0, 0.1) is 0 Å². The molecule has 0 radical (unpaired) electrons. The number of urea groups is 1. The highest BCUT2D eigenvalue weighted by molar-refractivity contribution is 5.81. The van der Waals surface area contributed by atoms with Crippen LogP contribution in [0.2, 0.25) is 0 Å². The van der Waals surface area contributed by atoms with Crippen molar-refractivity contribution in [2.24, 2.45) is 4.99 Å². The number of piperazine rings is 1. The maximum absolute atomic E-state index is 11.9. The third-order valence-corrected chi connectivity index (χ3v) is 3.68. The number of aliphatic imine (C=N–C) groups is 1. The summed E-state index contributed by atoms with van der Waals surface area (Å²) in [6, 6.07) is -0.111. The van der Waals surface area contributed by atoms with Gasteiger partial charge in [-0.05, 0) is 12.8 Å². The Balaban J connectivity index is 1.50. The molecule has 0 aromatic heterocycles. The largest absolute Gasteiger partial charge is 0.465 e. The van der Waals surface area contributed by atoms with Crippen LogP contribution in [0.4, 0.5) is 9.59 Å². The number of guanidine groups is 1. The Morgan fingerprint density at radius 3 is 2.45 bits per heavy atom. The minimum Gasteiger partial charge on any atom is -0.465 e. The number of nitrogens with zero attached hydrogens (tertiary/aromatic N) is 3. The van der Waals surface area contributed by atoms with Crippen LogP contribution >= 0.6 is 0 Å². The number of carbonyl (C=O) groups excluding carboxylic acids is 1. The molecule has 2 aliphatic heterocycles. The fraction of sp³-hybridized carbons (Fsp3) is 0.769. The van der Waals surface area contributed by atoms with Crippen molar-refractivity contribution in [3.05, 3.63) is 0 Å². The van der Waals surface area contributed by atoms with E-state index in [1.807, 2.05) is 0 Å². The number of carbonyl (C=O) groups is 2. The molecule has 0 saturated carbocycles. The average Bonchev–Trinajstić information content (AvgIpc) is 3.04. The second kappa shape index (κ2) is 8.30. The first kappa shape index (κ1) is 16.2. The summed E-state index contributed by atoms with van der Waals surface area (Å²) < 4.78 is 0. The van der Waals surface area contributed by atoms with E-state index in [1.165, 1.54) is 4.90 Å². The van der Waals surface area contributed by atoms with E-state index >= 15 is 0 Å². The van der Waals surface area contributed by atoms with E-state index in [0.717, 1.165) is 38.4 Å². The number of carboxylic acid groups (broad SMARTS) is 1. The van der Waals surface area contributed by atoms with Gasteiger partial charge in [0.15, 0.2) is 5.96 Å². The van der Waals surface area contributed by atoms with Crippen molar-refractivity contribution in [3.8, 4) is 0 Å². The number of rotatable bonds is 5. The van der Waals surface area contributed by atoms with E-state index in [9.17, 15) is 9.59 Å². The van der Waals surface area contributed by atoms with E-state index in [2.05, 4.69) is 20.9 Å². The Morgan fingerprint density at radius 2 is 1.82 bits per heavy atom. The third kappa shape index (κ3) is 4.97. The third-order valence-electron chi connectivity index (χ3n) is 3.68. The van der Waals surface area contributed by atoms with Gasteiger partial charge in [0, 0.05) is 45.8 Å². The fourth-order valence-electron chi connectivity index (χ4n) is 2.38. The number of hydrogen-bond acceptors (Lipinski definition) is 5. The first-order valence-corrected chi connectivity index (χ1v) is 7.69. The molecule has 9 heteroatoms. The standard InChI is InChI=1S/C13H24N6O3/c20-12(18-7-9-19(10-8-18)13(21)22)17-4-2-1-3-14-11-15-5-6-16-11/h1-10H2,(H,17,20)(H,21,22)(H2,14,15,16). The molecule has 0 atom stereocenters. The van der Waals surface area contributed by atoms with Crippen LogP contribution < -0.4 is 16.0 Å².